The van der Waals surface area contributed by atoms with E-state index in [-0.39, 0.29) is 17.5 Å². The first-order valence-corrected chi connectivity index (χ1v) is 8.23. The second-order valence-electron chi connectivity index (χ2n) is 6.03. The second kappa shape index (κ2) is 8.54. The standard InChI is InChI=1S/C15H20ClF3N6O/c1-23(2)10-21-22-13(26)9-24-3-5-25(6-4-24)14-12(16)7-11(8-20-14)15(17,18)19/h7-8,10H,3-6,9H2,1-2H3,(H,22,26)/b21-10-. The van der Waals surface area contributed by atoms with E-state index in [0.717, 1.165) is 12.3 Å². The van der Waals surface area contributed by atoms with E-state index in [4.69, 9.17) is 11.6 Å². The van der Waals surface area contributed by atoms with Crippen molar-refractivity contribution in [1.82, 2.24) is 20.2 Å². The third-order valence-electron chi connectivity index (χ3n) is 3.67. The smallest absolute Gasteiger partial charge is 0.367 e. The number of carbonyl (C=O) groups excluding carboxylic acids is 1. The summed E-state index contributed by atoms with van der Waals surface area (Å²) >= 11 is 5.97. The van der Waals surface area contributed by atoms with Gasteiger partial charge in [-0.2, -0.15) is 18.3 Å². The molecule has 0 bridgehead atoms. The molecule has 0 aliphatic carbocycles. The van der Waals surface area contributed by atoms with Crippen molar-refractivity contribution in [3.8, 4) is 0 Å². The lowest BCUT2D eigenvalue weighted by molar-refractivity contribution is -0.137. The van der Waals surface area contributed by atoms with Gasteiger partial charge in [0.1, 0.15) is 12.2 Å². The van der Waals surface area contributed by atoms with E-state index in [1.54, 1.807) is 23.9 Å². The predicted octanol–water partition coefficient (Wildman–Crippen LogP) is 1.50. The fourth-order valence-electron chi connectivity index (χ4n) is 2.39. The highest BCUT2D eigenvalue weighted by atomic mass is 35.5. The Labute approximate surface area is 154 Å². The van der Waals surface area contributed by atoms with E-state index < -0.39 is 11.7 Å². The average Bonchev–Trinajstić information content (AvgIpc) is 2.54. The number of hydrazone groups is 1. The summed E-state index contributed by atoms with van der Waals surface area (Å²) in [6.45, 7) is 2.32. The first kappa shape index (κ1) is 20.2. The Balaban J connectivity index is 1.87. The fourth-order valence-corrected chi connectivity index (χ4v) is 2.68. The van der Waals surface area contributed by atoms with Crippen LogP contribution in [0.4, 0.5) is 19.0 Å². The van der Waals surface area contributed by atoms with Crippen molar-refractivity contribution in [2.45, 2.75) is 6.18 Å². The molecule has 0 spiro atoms. The zero-order chi connectivity index (χ0) is 19.3. The molecule has 0 radical (unpaired) electrons. The molecule has 1 aliphatic heterocycles. The van der Waals surface area contributed by atoms with Crippen molar-refractivity contribution in [1.29, 1.82) is 0 Å². The zero-order valence-corrected chi connectivity index (χ0v) is 15.2. The lowest BCUT2D eigenvalue weighted by Crippen LogP contribution is -2.49. The molecular weight excluding hydrogens is 373 g/mol. The van der Waals surface area contributed by atoms with E-state index in [0.29, 0.717) is 32.0 Å². The molecule has 144 valence electrons. The Morgan fingerprint density at radius 3 is 2.58 bits per heavy atom. The normalized spacial score (nSPS) is 16.2. The highest BCUT2D eigenvalue weighted by Crippen LogP contribution is 2.33. The number of pyridine rings is 1. The number of nitrogens with one attached hydrogen (secondary N) is 1. The summed E-state index contributed by atoms with van der Waals surface area (Å²) in [5.41, 5.74) is 1.55. The molecule has 1 aliphatic rings. The largest absolute Gasteiger partial charge is 0.417 e. The van der Waals surface area contributed by atoms with Gasteiger partial charge in [-0.05, 0) is 6.07 Å². The quantitative estimate of drug-likeness (QED) is 0.467. The van der Waals surface area contributed by atoms with Gasteiger partial charge in [0.25, 0.3) is 5.91 Å². The average molecular weight is 393 g/mol. The monoisotopic (exact) mass is 392 g/mol. The molecule has 0 unspecified atom stereocenters. The Morgan fingerprint density at radius 1 is 1.38 bits per heavy atom. The van der Waals surface area contributed by atoms with Crippen molar-refractivity contribution < 1.29 is 18.0 Å². The molecule has 1 saturated heterocycles. The van der Waals surface area contributed by atoms with E-state index in [9.17, 15) is 18.0 Å². The summed E-state index contributed by atoms with van der Waals surface area (Å²) in [7, 11) is 3.57. The molecule has 2 rings (SSSR count). The van der Waals surface area contributed by atoms with Crippen molar-refractivity contribution >= 4 is 29.7 Å². The lowest BCUT2D eigenvalue weighted by Gasteiger charge is -2.35. The molecule has 0 aromatic carbocycles. The molecule has 1 N–H and O–H groups in total. The fraction of sp³-hybridized carbons (Fsp3) is 0.533. The first-order chi connectivity index (χ1) is 12.2. The Hall–Kier alpha value is -2.07. The summed E-state index contributed by atoms with van der Waals surface area (Å²) in [6.07, 6.45) is -2.21. The van der Waals surface area contributed by atoms with Crippen LogP contribution in [0.3, 0.4) is 0 Å². The van der Waals surface area contributed by atoms with Crippen molar-refractivity contribution in [2.24, 2.45) is 5.10 Å². The number of carbonyl (C=O) groups is 1. The number of alkyl halides is 3. The summed E-state index contributed by atoms with van der Waals surface area (Å²) in [5.74, 6) is 0.0848. The van der Waals surface area contributed by atoms with E-state index in [1.807, 2.05) is 4.90 Å². The van der Waals surface area contributed by atoms with Gasteiger partial charge in [0.2, 0.25) is 0 Å². The van der Waals surface area contributed by atoms with Crippen LogP contribution in [0, 0.1) is 0 Å². The molecule has 0 atom stereocenters. The number of rotatable bonds is 5. The van der Waals surface area contributed by atoms with Gasteiger partial charge in [-0.25, -0.2) is 10.4 Å². The molecular formula is C15H20ClF3N6O. The number of hydrogen-bond acceptors (Lipinski definition) is 5. The van der Waals surface area contributed by atoms with E-state index in [2.05, 4.69) is 15.5 Å². The number of nitrogens with zero attached hydrogens (tertiary/aromatic N) is 5. The van der Waals surface area contributed by atoms with Gasteiger partial charge in [-0.3, -0.25) is 9.69 Å². The van der Waals surface area contributed by atoms with Crippen LogP contribution in [0.25, 0.3) is 0 Å². The lowest BCUT2D eigenvalue weighted by atomic mass is 10.2. The molecule has 1 aromatic heterocycles. The number of halogens is 4. The van der Waals surface area contributed by atoms with Crippen molar-refractivity contribution in [3.05, 3.63) is 22.8 Å². The maximum absolute atomic E-state index is 12.7. The van der Waals surface area contributed by atoms with Crippen LogP contribution in [-0.2, 0) is 11.0 Å². The number of aromatic nitrogens is 1. The van der Waals surface area contributed by atoms with Gasteiger partial charge in [-0.1, -0.05) is 11.6 Å². The SMILES string of the molecule is CN(C)/C=N\NC(=O)CN1CCN(c2ncc(C(F)(F)F)cc2Cl)CC1. The minimum atomic E-state index is -4.48. The van der Waals surface area contributed by atoms with Gasteiger partial charge < -0.3 is 9.80 Å². The van der Waals surface area contributed by atoms with Crippen molar-refractivity contribution in [3.63, 3.8) is 0 Å². The Bertz CT molecular complexity index is 659. The van der Waals surface area contributed by atoms with Crippen molar-refractivity contribution in [2.75, 3.05) is 51.7 Å². The van der Waals surface area contributed by atoms with Gasteiger partial charge >= 0.3 is 6.18 Å². The van der Waals surface area contributed by atoms with Gasteiger partial charge in [-0.15, -0.1) is 0 Å². The maximum Gasteiger partial charge on any atom is 0.417 e. The molecule has 0 saturated carbocycles. The number of anilines is 1. The minimum Gasteiger partial charge on any atom is -0.367 e. The van der Waals surface area contributed by atoms with Gasteiger partial charge in [0.05, 0.1) is 17.1 Å². The summed E-state index contributed by atoms with van der Waals surface area (Å²) < 4.78 is 38.0. The van der Waals surface area contributed by atoms with Crippen LogP contribution < -0.4 is 10.3 Å². The van der Waals surface area contributed by atoms with Crippen LogP contribution in [0.15, 0.2) is 17.4 Å². The second-order valence-corrected chi connectivity index (χ2v) is 6.44. The summed E-state index contributed by atoms with van der Waals surface area (Å²) in [4.78, 5) is 21.1. The van der Waals surface area contributed by atoms with E-state index in [1.165, 1.54) is 6.34 Å². The van der Waals surface area contributed by atoms with Crippen LogP contribution in [0.1, 0.15) is 5.56 Å². The highest BCUT2D eigenvalue weighted by Gasteiger charge is 2.32. The van der Waals surface area contributed by atoms with Crippen LogP contribution in [0.5, 0.6) is 0 Å². The van der Waals surface area contributed by atoms with Crippen LogP contribution in [-0.4, -0.2) is 73.8 Å². The van der Waals surface area contributed by atoms with Gasteiger partial charge in [0, 0.05) is 46.5 Å². The molecule has 2 heterocycles. The summed E-state index contributed by atoms with van der Waals surface area (Å²) in [6, 6.07) is 0.881. The number of hydrogen-bond donors (Lipinski definition) is 1. The molecule has 7 nitrogen and oxygen atoms in total. The molecule has 26 heavy (non-hydrogen) atoms. The predicted molar refractivity (Wildman–Crippen MR) is 93.2 cm³/mol. The van der Waals surface area contributed by atoms with E-state index >= 15 is 0 Å². The Kier molecular flexibility index (Phi) is 6.65. The number of piperazine rings is 1. The number of amides is 1. The Morgan fingerprint density at radius 2 is 2.04 bits per heavy atom. The molecule has 1 amide bonds. The zero-order valence-electron chi connectivity index (χ0n) is 14.4. The summed E-state index contributed by atoms with van der Waals surface area (Å²) in [5, 5.41) is 3.75. The van der Waals surface area contributed by atoms with Crippen LogP contribution in [0.2, 0.25) is 5.02 Å². The third-order valence-corrected chi connectivity index (χ3v) is 3.94. The van der Waals surface area contributed by atoms with Gasteiger partial charge in [0.15, 0.2) is 0 Å². The first-order valence-electron chi connectivity index (χ1n) is 7.85. The molecule has 1 fully saturated rings. The minimum absolute atomic E-state index is 0.0379. The maximum atomic E-state index is 12.7. The highest BCUT2D eigenvalue weighted by molar-refractivity contribution is 6.33. The topological polar surface area (TPSA) is 64.1 Å². The third kappa shape index (κ3) is 5.73. The van der Waals surface area contributed by atoms with Crippen LogP contribution >= 0.6 is 11.6 Å². The molecule has 11 heteroatoms. The molecule has 1 aromatic rings.